The van der Waals surface area contributed by atoms with Gasteiger partial charge in [0.1, 0.15) is 5.82 Å². The molecular formula is C17H20BrFN2. The molecule has 1 atom stereocenters. The van der Waals surface area contributed by atoms with Crippen molar-refractivity contribution in [2.45, 2.75) is 32.2 Å². The number of nitrogens with one attached hydrogen (secondary N) is 1. The first kappa shape index (κ1) is 16.1. The third kappa shape index (κ3) is 4.92. The van der Waals surface area contributed by atoms with E-state index in [4.69, 9.17) is 5.84 Å². The summed E-state index contributed by atoms with van der Waals surface area (Å²) in [7, 11) is 0. The highest BCUT2D eigenvalue weighted by Gasteiger charge is 2.11. The lowest BCUT2D eigenvalue weighted by Gasteiger charge is -2.16. The van der Waals surface area contributed by atoms with Crippen molar-refractivity contribution in [1.29, 1.82) is 0 Å². The Kier molecular flexibility index (Phi) is 5.91. The van der Waals surface area contributed by atoms with Gasteiger partial charge in [-0.25, -0.2) is 4.39 Å². The van der Waals surface area contributed by atoms with Crippen molar-refractivity contribution in [3.8, 4) is 0 Å². The summed E-state index contributed by atoms with van der Waals surface area (Å²) in [5, 5.41) is 0. The van der Waals surface area contributed by atoms with E-state index in [9.17, 15) is 4.39 Å². The molecular weight excluding hydrogens is 331 g/mol. The van der Waals surface area contributed by atoms with Crippen LogP contribution in [0.2, 0.25) is 0 Å². The highest BCUT2D eigenvalue weighted by Crippen LogP contribution is 2.18. The van der Waals surface area contributed by atoms with Crippen molar-refractivity contribution < 1.29 is 4.39 Å². The smallest absolute Gasteiger partial charge is 0.127 e. The van der Waals surface area contributed by atoms with Gasteiger partial charge in [-0.05, 0) is 49.4 Å². The number of hydrogen-bond donors (Lipinski definition) is 2. The highest BCUT2D eigenvalue weighted by atomic mass is 79.9. The maximum absolute atomic E-state index is 13.9. The Morgan fingerprint density at radius 1 is 1.19 bits per heavy atom. The standard InChI is InChI=1S/C17H20BrFN2/c1-12-2-4-13(5-3-12)6-9-16(21-20)10-14-7-8-15(18)11-17(14)19/h2-5,7-8,11,16,21H,6,9-10,20H2,1H3. The molecule has 0 aromatic heterocycles. The first-order valence-electron chi connectivity index (χ1n) is 7.04. The Balaban J connectivity index is 1.95. The summed E-state index contributed by atoms with van der Waals surface area (Å²) < 4.78 is 14.6. The van der Waals surface area contributed by atoms with E-state index >= 15 is 0 Å². The fraction of sp³-hybridized carbons (Fsp3) is 0.294. The third-order valence-corrected chi connectivity index (χ3v) is 4.11. The molecule has 3 N–H and O–H groups in total. The minimum atomic E-state index is -0.194. The molecule has 0 amide bonds. The first-order valence-corrected chi connectivity index (χ1v) is 7.83. The van der Waals surface area contributed by atoms with Gasteiger partial charge in [0.25, 0.3) is 0 Å². The van der Waals surface area contributed by atoms with E-state index in [1.807, 2.05) is 6.07 Å². The Morgan fingerprint density at radius 3 is 2.52 bits per heavy atom. The molecule has 0 fully saturated rings. The second-order valence-electron chi connectivity index (χ2n) is 5.33. The Labute approximate surface area is 133 Å². The van der Waals surface area contributed by atoms with Gasteiger partial charge in [-0.15, -0.1) is 0 Å². The van der Waals surface area contributed by atoms with Crippen LogP contribution in [0, 0.1) is 12.7 Å². The number of rotatable bonds is 6. The molecule has 2 nitrogen and oxygen atoms in total. The molecule has 4 heteroatoms. The van der Waals surface area contributed by atoms with Crippen molar-refractivity contribution in [3.05, 3.63) is 69.4 Å². The van der Waals surface area contributed by atoms with Crippen LogP contribution in [-0.2, 0) is 12.8 Å². The molecule has 0 bridgehead atoms. The van der Waals surface area contributed by atoms with Crippen LogP contribution in [0.15, 0.2) is 46.9 Å². The second kappa shape index (κ2) is 7.69. The molecule has 2 aromatic carbocycles. The lowest BCUT2D eigenvalue weighted by atomic mass is 9.99. The minimum absolute atomic E-state index is 0.0574. The molecule has 0 aliphatic heterocycles. The summed E-state index contributed by atoms with van der Waals surface area (Å²) in [6.45, 7) is 2.07. The summed E-state index contributed by atoms with van der Waals surface area (Å²) >= 11 is 3.27. The van der Waals surface area contributed by atoms with E-state index in [2.05, 4.69) is 52.5 Å². The molecule has 0 radical (unpaired) electrons. The highest BCUT2D eigenvalue weighted by molar-refractivity contribution is 9.10. The van der Waals surface area contributed by atoms with Crippen LogP contribution in [0.1, 0.15) is 23.1 Å². The first-order chi connectivity index (χ1) is 10.1. The van der Waals surface area contributed by atoms with E-state index in [0.717, 1.165) is 17.3 Å². The predicted octanol–water partition coefficient (Wildman–Crippen LogP) is 3.90. The lowest BCUT2D eigenvalue weighted by molar-refractivity contribution is 0.480. The summed E-state index contributed by atoms with van der Waals surface area (Å²) in [4.78, 5) is 0. The number of hydrazine groups is 1. The van der Waals surface area contributed by atoms with Gasteiger partial charge in [0.05, 0.1) is 0 Å². The maximum Gasteiger partial charge on any atom is 0.127 e. The largest absolute Gasteiger partial charge is 0.271 e. The van der Waals surface area contributed by atoms with E-state index in [0.29, 0.717) is 12.0 Å². The van der Waals surface area contributed by atoms with Crippen molar-refractivity contribution in [2.75, 3.05) is 0 Å². The van der Waals surface area contributed by atoms with Crippen LogP contribution in [0.3, 0.4) is 0 Å². The third-order valence-electron chi connectivity index (χ3n) is 3.62. The van der Waals surface area contributed by atoms with Crippen LogP contribution in [0.5, 0.6) is 0 Å². The normalized spacial score (nSPS) is 12.4. The Hall–Kier alpha value is -1.23. The number of benzene rings is 2. The minimum Gasteiger partial charge on any atom is -0.271 e. The Morgan fingerprint density at radius 2 is 1.90 bits per heavy atom. The molecule has 21 heavy (non-hydrogen) atoms. The average molecular weight is 351 g/mol. The van der Waals surface area contributed by atoms with E-state index in [-0.39, 0.29) is 11.9 Å². The molecule has 0 heterocycles. The van der Waals surface area contributed by atoms with Gasteiger partial charge in [0.15, 0.2) is 0 Å². The van der Waals surface area contributed by atoms with Gasteiger partial charge < -0.3 is 0 Å². The van der Waals surface area contributed by atoms with E-state index in [1.165, 1.54) is 17.2 Å². The number of aryl methyl sites for hydroxylation is 2. The fourth-order valence-corrected chi connectivity index (χ4v) is 2.63. The number of nitrogens with two attached hydrogens (primary N) is 1. The quantitative estimate of drug-likeness (QED) is 0.612. The molecule has 0 aliphatic rings. The van der Waals surface area contributed by atoms with Gasteiger partial charge >= 0.3 is 0 Å². The zero-order valence-electron chi connectivity index (χ0n) is 12.1. The van der Waals surface area contributed by atoms with Crippen molar-refractivity contribution in [3.63, 3.8) is 0 Å². The van der Waals surface area contributed by atoms with Crippen LogP contribution in [-0.4, -0.2) is 6.04 Å². The van der Waals surface area contributed by atoms with Crippen LogP contribution >= 0.6 is 15.9 Å². The van der Waals surface area contributed by atoms with Gasteiger partial charge in [0.2, 0.25) is 0 Å². The average Bonchev–Trinajstić information content (AvgIpc) is 2.47. The monoisotopic (exact) mass is 350 g/mol. The van der Waals surface area contributed by atoms with Crippen molar-refractivity contribution >= 4 is 15.9 Å². The lowest BCUT2D eigenvalue weighted by Crippen LogP contribution is -2.37. The Bertz CT molecular complexity index is 584. The summed E-state index contributed by atoms with van der Waals surface area (Å²) in [6, 6.07) is 13.7. The van der Waals surface area contributed by atoms with Gasteiger partial charge in [-0.3, -0.25) is 11.3 Å². The SMILES string of the molecule is Cc1ccc(CCC(Cc2ccc(Br)cc2F)NN)cc1. The van der Waals surface area contributed by atoms with E-state index < -0.39 is 0 Å². The summed E-state index contributed by atoms with van der Waals surface area (Å²) in [5.41, 5.74) is 6.01. The molecule has 0 saturated carbocycles. The van der Waals surface area contributed by atoms with Crippen LogP contribution in [0.25, 0.3) is 0 Å². The fourth-order valence-electron chi connectivity index (χ4n) is 2.29. The second-order valence-corrected chi connectivity index (χ2v) is 6.24. The van der Waals surface area contributed by atoms with Crippen molar-refractivity contribution in [2.24, 2.45) is 5.84 Å². The summed E-state index contributed by atoms with van der Waals surface area (Å²) in [5.74, 6) is 5.41. The molecule has 1 unspecified atom stereocenters. The molecule has 0 spiro atoms. The topological polar surface area (TPSA) is 38.0 Å². The zero-order valence-corrected chi connectivity index (χ0v) is 13.7. The summed E-state index contributed by atoms with van der Waals surface area (Å²) in [6.07, 6.45) is 2.38. The molecule has 112 valence electrons. The number of halogens is 2. The van der Waals surface area contributed by atoms with Gasteiger partial charge in [-0.2, -0.15) is 0 Å². The molecule has 2 rings (SSSR count). The zero-order chi connectivity index (χ0) is 15.2. The van der Waals surface area contributed by atoms with Gasteiger partial charge in [-0.1, -0.05) is 51.8 Å². The molecule has 0 aliphatic carbocycles. The molecule has 2 aromatic rings. The van der Waals surface area contributed by atoms with Crippen molar-refractivity contribution in [1.82, 2.24) is 5.43 Å². The van der Waals surface area contributed by atoms with Crippen LogP contribution in [0.4, 0.5) is 4.39 Å². The van der Waals surface area contributed by atoms with Crippen LogP contribution < -0.4 is 11.3 Å². The van der Waals surface area contributed by atoms with E-state index in [1.54, 1.807) is 6.07 Å². The molecule has 0 saturated heterocycles. The van der Waals surface area contributed by atoms with Gasteiger partial charge in [0, 0.05) is 10.5 Å². The predicted molar refractivity (Wildman–Crippen MR) is 88.4 cm³/mol. The maximum atomic E-state index is 13.9. The number of hydrogen-bond acceptors (Lipinski definition) is 2.